The molecule has 4 nitrogen and oxygen atoms in total. The van der Waals surface area contributed by atoms with Crippen LogP contribution in [0.4, 0.5) is 0 Å². The van der Waals surface area contributed by atoms with Crippen molar-refractivity contribution in [2.45, 2.75) is 38.4 Å². The van der Waals surface area contributed by atoms with Crippen molar-refractivity contribution in [1.29, 1.82) is 0 Å². The molecule has 0 fully saturated rings. The third-order valence-corrected chi connectivity index (χ3v) is 2.01. The Morgan fingerprint density at radius 3 is 2.93 bits per heavy atom. The SMILES string of the molecule is CC1CCC(=O)/C=C\C(O)CC(=O)O1. The van der Waals surface area contributed by atoms with Gasteiger partial charge >= 0.3 is 5.97 Å². The van der Waals surface area contributed by atoms with Crippen molar-refractivity contribution in [3.05, 3.63) is 12.2 Å². The summed E-state index contributed by atoms with van der Waals surface area (Å²) in [7, 11) is 0. The molecule has 0 spiro atoms. The van der Waals surface area contributed by atoms with Crippen LogP contribution >= 0.6 is 0 Å². The van der Waals surface area contributed by atoms with E-state index in [1.807, 2.05) is 0 Å². The van der Waals surface area contributed by atoms with Crippen LogP contribution in [0.2, 0.25) is 0 Å². The summed E-state index contributed by atoms with van der Waals surface area (Å²) in [5.41, 5.74) is 0. The molecular formula is C10H14O4. The molecule has 14 heavy (non-hydrogen) atoms. The van der Waals surface area contributed by atoms with Crippen LogP contribution in [-0.4, -0.2) is 29.1 Å². The Bertz CT molecular complexity index is 257. The highest BCUT2D eigenvalue weighted by Crippen LogP contribution is 2.08. The Hall–Kier alpha value is -1.16. The van der Waals surface area contributed by atoms with Crippen molar-refractivity contribution in [3.63, 3.8) is 0 Å². The summed E-state index contributed by atoms with van der Waals surface area (Å²) < 4.78 is 4.96. The molecule has 0 bridgehead atoms. The number of cyclic esters (lactones) is 1. The third kappa shape index (κ3) is 3.70. The molecule has 78 valence electrons. The average Bonchev–Trinajstić information content (AvgIpc) is 2.10. The maximum absolute atomic E-state index is 11.1. The van der Waals surface area contributed by atoms with E-state index in [1.165, 1.54) is 12.2 Å². The number of allylic oxidation sites excluding steroid dienone is 1. The monoisotopic (exact) mass is 198 g/mol. The molecule has 1 rings (SSSR count). The van der Waals surface area contributed by atoms with E-state index in [0.717, 1.165) is 0 Å². The minimum Gasteiger partial charge on any atom is -0.463 e. The van der Waals surface area contributed by atoms with Crippen LogP contribution < -0.4 is 0 Å². The second kappa shape index (κ2) is 4.91. The predicted molar refractivity (Wildman–Crippen MR) is 49.6 cm³/mol. The van der Waals surface area contributed by atoms with Gasteiger partial charge in [-0.05, 0) is 19.4 Å². The average molecular weight is 198 g/mol. The summed E-state index contributed by atoms with van der Waals surface area (Å²) in [4.78, 5) is 22.2. The highest BCUT2D eigenvalue weighted by Gasteiger charge is 2.15. The number of esters is 1. The molecule has 4 heteroatoms. The molecule has 0 aliphatic carbocycles. The number of carbonyl (C=O) groups excluding carboxylic acids is 2. The molecule has 0 aromatic carbocycles. The van der Waals surface area contributed by atoms with Crippen molar-refractivity contribution in [2.75, 3.05) is 0 Å². The van der Waals surface area contributed by atoms with Gasteiger partial charge in [-0.2, -0.15) is 0 Å². The van der Waals surface area contributed by atoms with Crippen LogP contribution in [0.15, 0.2) is 12.2 Å². The standard InChI is InChI=1S/C10H14O4/c1-7-2-3-8(11)4-5-9(12)6-10(13)14-7/h4-5,7,9,12H,2-3,6H2,1H3/b5-4-. The van der Waals surface area contributed by atoms with Gasteiger partial charge in [0.05, 0.1) is 18.6 Å². The Morgan fingerprint density at radius 1 is 1.50 bits per heavy atom. The van der Waals surface area contributed by atoms with E-state index in [2.05, 4.69) is 0 Å². The molecule has 1 heterocycles. The lowest BCUT2D eigenvalue weighted by Crippen LogP contribution is -2.21. The zero-order valence-corrected chi connectivity index (χ0v) is 8.10. The normalized spacial score (nSPS) is 32.1. The molecule has 2 atom stereocenters. The van der Waals surface area contributed by atoms with Crippen molar-refractivity contribution in [1.82, 2.24) is 0 Å². The zero-order chi connectivity index (χ0) is 10.6. The summed E-state index contributed by atoms with van der Waals surface area (Å²) in [5.74, 6) is -0.474. The lowest BCUT2D eigenvalue weighted by atomic mass is 10.1. The number of hydrogen-bond acceptors (Lipinski definition) is 4. The molecule has 1 N–H and O–H groups in total. The number of aliphatic hydroxyl groups excluding tert-OH is 1. The zero-order valence-electron chi connectivity index (χ0n) is 8.10. The van der Waals surface area contributed by atoms with Gasteiger partial charge in [0, 0.05) is 6.42 Å². The topological polar surface area (TPSA) is 63.6 Å². The molecule has 1 aliphatic rings. The first-order valence-corrected chi connectivity index (χ1v) is 4.66. The second-order valence-electron chi connectivity index (χ2n) is 3.44. The fourth-order valence-corrected chi connectivity index (χ4v) is 1.22. The number of ether oxygens (including phenoxy) is 1. The third-order valence-electron chi connectivity index (χ3n) is 2.01. The van der Waals surface area contributed by atoms with Gasteiger partial charge in [0.1, 0.15) is 0 Å². The highest BCUT2D eigenvalue weighted by molar-refractivity contribution is 5.89. The Balaban J connectivity index is 2.65. The largest absolute Gasteiger partial charge is 0.463 e. The Morgan fingerprint density at radius 2 is 2.21 bits per heavy atom. The number of aliphatic hydroxyl groups is 1. The summed E-state index contributed by atoms with van der Waals surface area (Å²) in [5, 5.41) is 9.27. The van der Waals surface area contributed by atoms with Crippen LogP contribution in [0.25, 0.3) is 0 Å². The Labute approximate surface area is 82.6 Å². The molecule has 0 aromatic heterocycles. The quantitative estimate of drug-likeness (QED) is 0.578. The van der Waals surface area contributed by atoms with Gasteiger partial charge in [-0.3, -0.25) is 9.59 Å². The molecule has 0 amide bonds. The molecule has 1 aliphatic heterocycles. The fourth-order valence-electron chi connectivity index (χ4n) is 1.22. The van der Waals surface area contributed by atoms with Crippen LogP contribution in [0.1, 0.15) is 26.2 Å². The van der Waals surface area contributed by atoms with Crippen LogP contribution in [0, 0.1) is 0 Å². The van der Waals surface area contributed by atoms with E-state index in [9.17, 15) is 14.7 Å². The van der Waals surface area contributed by atoms with E-state index < -0.39 is 12.1 Å². The summed E-state index contributed by atoms with van der Waals surface area (Å²) in [6.45, 7) is 1.74. The maximum atomic E-state index is 11.1. The molecule has 2 unspecified atom stereocenters. The smallest absolute Gasteiger partial charge is 0.309 e. The van der Waals surface area contributed by atoms with Crippen LogP contribution in [-0.2, 0) is 14.3 Å². The first-order valence-electron chi connectivity index (χ1n) is 4.66. The highest BCUT2D eigenvalue weighted by atomic mass is 16.5. The lowest BCUT2D eigenvalue weighted by Gasteiger charge is -2.14. The van der Waals surface area contributed by atoms with Crippen molar-refractivity contribution in [2.24, 2.45) is 0 Å². The van der Waals surface area contributed by atoms with Gasteiger partial charge in [-0.25, -0.2) is 0 Å². The number of carbonyl (C=O) groups is 2. The minimum atomic E-state index is -0.920. The van der Waals surface area contributed by atoms with Gasteiger partial charge in [0.25, 0.3) is 0 Å². The fraction of sp³-hybridized carbons (Fsp3) is 0.600. The number of ketones is 1. The van der Waals surface area contributed by atoms with Crippen molar-refractivity contribution < 1.29 is 19.4 Å². The number of rotatable bonds is 0. The van der Waals surface area contributed by atoms with E-state index in [1.54, 1.807) is 6.92 Å². The summed E-state index contributed by atoms with van der Waals surface area (Å²) >= 11 is 0. The summed E-state index contributed by atoms with van der Waals surface area (Å²) in [6.07, 6.45) is 2.27. The van der Waals surface area contributed by atoms with E-state index >= 15 is 0 Å². The van der Waals surface area contributed by atoms with Crippen LogP contribution in [0.5, 0.6) is 0 Å². The van der Waals surface area contributed by atoms with Gasteiger partial charge < -0.3 is 9.84 Å². The Kier molecular flexibility index (Phi) is 3.83. The first kappa shape index (κ1) is 10.9. The predicted octanol–water partition coefficient (Wildman–Crippen LogP) is 0.588. The maximum Gasteiger partial charge on any atom is 0.309 e. The second-order valence-corrected chi connectivity index (χ2v) is 3.44. The van der Waals surface area contributed by atoms with E-state index in [-0.39, 0.29) is 18.3 Å². The van der Waals surface area contributed by atoms with E-state index in [4.69, 9.17) is 4.74 Å². The van der Waals surface area contributed by atoms with Crippen molar-refractivity contribution in [3.8, 4) is 0 Å². The van der Waals surface area contributed by atoms with Gasteiger partial charge in [0.15, 0.2) is 5.78 Å². The first-order chi connectivity index (χ1) is 6.58. The van der Waals surface area contributed by atoms with Crippen molar-refractivity contribution >= 4 is 11.8 Å². The van der Waals surface area contributed by atoms with Crippen LogP contribution in [0.3, 0.4) is 0 Å². The molecule has 0 saturated heterocycles. The van der Waals surface area contributed by atoms with Gasteiger partial charge in [-0.1, -0.05) is 6.08 Å². The molecule has 0 radical (unpaired) electrons. The lowest BCUT2D eigenvalue weighted by molar-refractivity contribution is -0.150. The van der Waals surface area contributed by atoms with Gasteiger partial charge in [0.2, 0.25) is 0 Å². The van der Waals surface area contributed by atoms with E-state index in [0.29, 0.717) is 12.8 Å². The molecule has 0 saturated carbocycles. The minimum absolute atomic E-state index is 0.0474. The number of hydrogen-bond donors (Lipinski definition) is 1. The van der Waals surface area contributed by atoms with Gasteiger partial charge in [-0.15, -0.1) is 0 Å². The molecule has 0 aromatic rings. The molecular weight excluding hydrogens is 184 g/mol. The summed E-state index contributed by atoms with van der Waals surface area (Å²) in [6, 6.07) is 0.